The number of carbonyl (C=O) groups excluding carboxylic acids is 1. The van der Waals surface area contributed by atoms with Crippen LogP contribution in [0.2, 0.25) is 0 Å². The smallest absolute Gasteiger partial charge is 0.247 e. The summed E-state index contributed by atoms with van der Waals surface area (Å²) in [4.78, 5) is 15.7. The topological polar surface area (TPSA) is 42.0 Å². The van der Waals surface area contributed by atoms with Gasteiger partial charge in [0.25, 0.3) is 0 Å². The van der Waals surface area contributed by atoms with Crippen molar-refractivity contribution in [2.24, 2.45) is 5.92 Å². The van der Waals surface area contributed by atoms with Crippen LogP contribution >= 0.6 is 0 Å². The second-order valence-corrected chi connectivity index (χ2v) is 5.35. The summed E-state index contributed by atoms with van der Waals surface area (Å²) in [6.07, 6.45) is 15.5. The number of amides is 1. The highest BCUT2D eigenvalue weighted by atomic mass is 16.1. The fourth-order valence-corrected chi connectivity index (χ4v) is 2.62. The molecule has 110 valence electrons. The van der Waals surface area contributed by atoms with E-state index in [1.807, 2.05) is 6.07 Å². The molecule has 1 saturated carbocycles. The van der Waals surface area contributed by atoms with Crippen molar-refractivity contribution in [2.45, 2.75) is 32.1 Å². The van der Waals surface area contributed by atoms with Crippen LogP contribution in [0, 0.1) is 5.92 Å². The number of hydrogen-bond donors (Lipinski definition) is 1. The SMILES string of the molecule is C=CC(=O)Nc1cnc(C=C)c(/C=C/C2CCCCC2)c1. The molecule has 1 N–H and O–H groups in total. The van der Waals surface area contributed by atoms with Crippen molar-refractivity contribution < 1.29 is 4.79 Å². The molecule has 0 aromatic carbocycles. The van der Waals surface area contributed by atoms with Gasteiger partial charge in [-0.1, -0.05) is 44.6 Å². The minimum absolute atomic E-state index is 0.231. The molecular formula is C18H22N2O. The van der Waals surface area contributed by atoms with Crippen LogP contribution in [-0.4, -0.2) is 10.9 Å². The molecule has 1 amide bonds. The van der Waals surface area contributed by atoms with E-state index in [2.05, 4.69) is 35.6 Å². The van der Waals surface area contributed by atoms with Gasteiger partial charge >= 0.3 is 0 Å². The maximum atomic E-state index is 11.4. The van der Waals surface area contributed by atoms with Crippen LogP contribution in [0.3, 0.4) is 0 Å². The highest BCUT2D eigenvalue weighted by molar-refractivity contribution is 5.99. The molecule has 1 heterocycles. The van der Waals surface area contributed by atoms with Gasteiger partial charge in [-0.15, -0.1) is 0 Å². The number of aromatic nitrogens is 1. The Kier molecular flexibility index (Phi) is 5.50. The summed E-state index contributed by atoms with van der Waals surface area (Å²) in [5.41, 5.74) is 2.49. The third-order valence-corrected chi connectivity index (χ3v) is 3.79. The Morgan fingerprint density at radius 1 is 1.29 bits per heavy atom. The molecule has 3 heteroatoms. The van der Waals surface area contributed by atoms with E-state index < -0.39 is 0 Å². The molecule has 3 nitrogen and oxygen atoms in total. The van der Waals surface area contributed by atoms with Crippen molar-refractivity contribution in [2.75, 3.05) is 5.32 Å². The monoisotopic (exact) mass is 282 g/mol. The summed E-state index contributed by atoms with van der Waals surface area (Å²) in [5.74, 6) is 0.424. The number of anilines is 1. The average molecular weight is 282 g/mol. The van der Waals surface area contributed by atoms with E-state index >= 15 is 0 Å². The van der Waals surface area contributed by atoms with E-state index in [-0.39, 0.29) is 5.91 Å². The second kappa shape index (κ2) is 7.58. The Hall–Kier alpha value is -2.16. The number of allylic oxidation sites excluding steroid dienone is 1. The summed E-state index contributed by atoms with van der Waals surface area (Å²) in [5, 5.41) is 2.73. The summed E-state index contributed by atoms with van der Waals surface area (Å²) in [7, 11) is 0. The zero-order chi connectivity index (χ0) is 15.1. The van der Waals surface area contributed by atoms with Crippen molar-refractivity contribution in [3.8, 4) is 0 Å². The van der Waals surface area contributed by atoms with E-state index in [1.54, 1.807) is 12.3 Å². The van der Waals surface area contributed by atoms with Gasteiger partial charge in [-0.05, 0) is 37.0 Å². The van der Waals surface area contributed by atoms with Crippen LogP contribution in [0.4, 0.5) is 5.69 Å². The number of hydrogen-bond acceptors (Lipinski definition) is 2. The summed E-state index contributed by atoms with van der Waals surface area (Å²) in [6, 6.07) is 1.92. The molecule has 1 aromatic rings. The van der Waals surface area contributed by atoms with Gasteiger partial charge in [0.2, 0.25) is 5.91 Å². The van der Waals surface area contributed by atoms with E-state index in [1.165, 1.54) is 38.2 Å². The second-order valence-electron chi connectivity index (χ2n) is 5.35. The van der Waals surface area contributed by atoms with E-state index in [4.69, 9.17) is 0 Å². The molecule has 0 bridgehead atoms. The van der Waals surface area contributed by atoms with Gasteiger partial charge in [-0.25, -0.2) is 0 Å². The van der Waals surface area contributed by atoms with Gasteiger partial charge in [-0.3, -0.25) is 9.78 Å². The van der Waals surface area contributed by atoms with Crippen molar-refractivity contribution in [1.82, 2.24) is 4.98 Å². The number of carbonyl (C=O) groups is 1. The summed E-state index contributed by atoms with van der Waals surface area (Å²) >= 11 is 0. The molecule has 0 atom stereocenters. The Balaban J connectivity index is 2.16. The minimum Gasteiger partial charge on any atom is -0.321 e. The summed E-state index contributed by atoms with van der Waals surface area (Å²) in [6.45, 7) is 7.24. The minimum atomic E-state index is -0.231. The maximum Gasteiger partial charge on any atom is 0.247 e. The van der Waals surface area contributed by atoms with E-state index in [9.17, 15) is 4.79 Å². The van der Waals surface area contributed by atoms with Gasteiger partial charge in [0.15, 0.2) is 0 Å². The van der Waals surface area contributed by atoms with Crippen molar-refractivity contribution in [3.05, 3.63) is 48.8 Å². The zero-order valence-corrected chi connectivity index (χ0v) is 12.3. The normalized spacial score (nSPS) is 15.8. The van der Waals surface area contributed by atoms with Gasteiger partial charge in [0, 0.05) is 5.56 Å². The standard InChI is InChI=1S/C18H22N2O/c1-3-17-15(11-10-14-8-6-5-7-9-14)12-16(13-19-17)20-18(21)4-2/h3-4,10-14H,1-2,5-9H2,(H,20,21)/b11-10+. The average Bonchev–Trinajstić information content (AvgIpc) is 2.54. The van der Waals surface area contributed by atoms with Crippen molar-refractivity contribution >= 4 is 23.7 Å². The van der Waals surface area contributed by atoms with Crippen LogP contribution in [-0.2, 0) is 4.79 Å². The predicted octanol–water partition coefficient (Wildman–Crippen LogP) is 4.44. The third kappa shape index (κ3) is 4.42. The van der Waals surface area contributed by atoms with Crippen LogP contribution < -0.4 is 5.32 Å². The van der Waals surface area contributed by atoms with Gasteiger partial charge in [0.1, 0.15) is 0 Å². The lowest BCUT2D eigenvalue weighted by Crippen LogP contribution is -2.08. The van der Waals surface area contributed by atoms with Crippen LogP contribution in [0.5, 0.6) is 0 Å². The Labute approximate surface area is 126 Å². The molecule has 2 rings (SSSR count). The number of nitrogens with zero attached hydrogens (tertiary/aromatic N) is 1. The largest absolute Gasteiger partial charge is 0.321 e. The Bertz CT molecular complexity index is 554. The first-order valence-electron chi connectivity index (χ1n) is 7.47. The lowest BCUT2D eigenvalue weighted by Gasteiger charge is -2.17. The maximum absolute atomic E-state index is 11.4. The molecule has 0 radical (unpaired) electrons. The Morgan fingerprint density at radius 2 is 2.05 bits per heavy atom. The fraction of sp³-hybridized carbons (Fsp3) is 0.333. The number of rotatable bonds is 5. The van der Waals surface area contributed by atoms with Crippen molar-refractivity contribution in [3.63, 3.8) is 0 Å². The van der Waals surface area contributed by atoms with Crippen LogP contribution in [0.25, 0.3) is 12.2 Å². The summed E-state index contributed by atoms with van der Waals surface area (Å²) < 4.78 is 0. The van der Waals surface area contributed by atoms with Gasteiger partial charge in [0.05, 0.1) is 17.6 Å². The molecular weight excluding hydrogens is 260 g/mol. The quantitative estimate of drug-likeness (QED) is 0.811. The number of nitrogens with one attached hydrogen (secondary N) is 1. The molecule has 0 unspecified atom stereocenters. The molecule has 0 spiro atoms. The molecule has 1 fully saturated rings. The molecule has 1 aliphatic carbocycles. The first-order valence-corrected chi connectivity index (χ1v) is 7.47. The first-order chi connectivity index (χ1) is 10.2. The molecule has 0 saturated heterocycles. The molecule has 21 heavy (non-hydrogen) atoms. The lowest BCUT2D eigenvalue weighted by molar-refractivity contribution is -0.111. The molecule has 1 aliphatic rings. The third-order valence-electron chi connectivity index (χ3n) is 3.79. The van der Waals surface area contributed by atoms with Gasteiger partial charge < -0.3 is 5.32 Å². The zero-order valence-electron chi connectivity index (χ0n) is 12.3. The van der Waals surface area contributed by atoms with Gasteiger partial charge in [-0.2, -0.15) is 0 Å². The molecule has 1 aromatic heterocycles. The predicted molar refractivity (Wildman–Crippen MR) is 88.8 cm³/mol. The highest BCUT2D eigenvalue weighted by Crippen LogP contribution is 2.26. The van der Waals surface area contributed by atoms with Crippen LogP contribution in [0.15, 0.2) is 37.6 Å². The van der Waals surface area contributed by atoms with E-state index in [0.717, 1.165) is 11.3 Å². The van der Waals surface area contributed by atoms with E-state index in [0.29, 0.717) is 11.6 Å². The van der Waals surface area contributed by atoms with Crippen molar-refractivity contribution in [1.29, 1.82) is 0 Å². The Morgan fingerprint density at radius 3 is 2.71 bits per heavy atom. The first kappa shape index (κ1) is 15.2. The highest BCUT2D eigenvalue weighted by Gasteiger charge is 2.10. The molecule has 0 aliphatic heterocycles. The fourth-order valence-electron chi connectivity index (χ4n) is 2.62. The lowest BCUT2D eigenvalue weighted by atomic mass is 9.88. The van der Waals surface area contributed by atoms with Crippen LogP contribution in [0.1, 0.15) is 43.4 Å². The number of pyridine rings is 1.